The Labute approximate surface area is 124 Å². The lowest BCUT2D eigenvalue weighted by atomic mass is 10.1. The Hall–Kier alpha value is -2.37. The molecule has 0 aromatic heterocycles. The van der Waals surface area contributed by atoms with Crippen LogP contribution in [0, 0.1) is 13.8 Å². The van der Waals surface area contributed by atoms with Crippen molar-refractivity contribution >= 4 is 23.4 Å². The molecule has 0 saturated carbocycles. The Morgan fingerprint density at radius 2 is 1.71 bits per heavy atom. The molecule has 1 aromatic carbocycles. The van der Waals surface area contributed by atoms with Crippen molar-refractivity contribution in [2.75, 3.05) is 13.1 Å². The van der Waals surface area contributed by atoms with E-state index in [1.807, 2.05) is 36.9 Å². The van der Waals surface area contributed by atoms with E-state index in [9.17, 15) is 4.79 Å². The molecule has 0 aliphatic carbocycles. The first kappa shape index (κ1) is 15.0. The zero-order chi connectivity index (χ0) is 15.4. The third-order valence-electron chi connectivity index (χ3n) is 3.54. The van der Waals surface area contributed by atoms with Gasteiger partial charge in [0.2, 0.25) is 5.96 Å². The highest BCUT2D eigenvalue weighted by Crippen LogP contribution is 2.22. The van der Waals surface area contributed by atoms with Crippen molar-refractivity contribution in [3.63, 3.8) is 0 Å². The van der Waals surface area contributed by atoms with Gasteiger partial charge in [-0.2, -0.15) is 4.99 Å². The summed E-state index contributed by atoms with van der Waals surface area (Å²) in [4.78, 5) is 21.6. The van der Waals surface area contributed by atoms with Gasteiger partial charge in [0.15, 0.2) is 5.96 Å². The monoisotopic (exact) mass is 287 g/mol. The topological polar surface area (TPSA) is 97.1 Å². The Kier molecular flexibility index (Phi) is 4.57. The van der Waals surface area contributed by atoms with Gasteiger partial charge in [-0.05, 0) is 25.0 Å². The largest absolute Gasteiger partial charge is 0.369 e. The second-order valence-electron chi connectivity index (χ2n) is 5.21. The van der Waals surface area contributed by atoms with Crippen molar-refractivity contribution in [3.8, 4) is 0 Å². The number of aryl methyl sites for hydroxylation is 2. The molecule has 0 spiro atoms. The van der Waals surface area contributed by atoms with E-state index in [0.717, 1.165) is 16.8 Å². The van der Waals surface area contributed by atoms with E-state index in [1.54, 1.807) is 0 Å². The predicted octanol–water partition coefficient (Wildman–Crippen LogP) is 1.23. The Morgan fingerprint density at radius 1 is 1.14 bits per heavy atom. The molecular formula is C15H21N5O. The summed E-state index contributed by atoms with van der Waals surface area (Å²) >= 11 is 0. The van der Waals surface area contributed by atoms with Crippen LogP contribution in [0.1, 0.15) is 24.0 Å². The minimum atomic E-state index is 0.127. The number of hydrogen-bond acceptors (Lipinski definition) is 2. The first-order valence-corrected chi connectivity index (χ1v) is 6.98. The number of ketones is 1. The first-order chi connectivity index (χ1) is 9.97. The van der Waals surface area contributed by atoms with Crippen molar-refractivity contribution in [1.82, 2.24) is 4.90 Å². The SMILES string of the molecule is Cc1cccc(C)c1N=C(N)N=C(N)N1CCC(=O)CC1. The molecular weight excluding hydrogens is 266 g/mol. The molecule has 2 rings (SSSR count). The van der Waals surface area contributed by atoms with E-state index < -0.39 is 0 Å². The molecule has 0 atom stereocenters. The maximum atomic E-state index is 11.2. The van der Waals surface area contributed by atoms with Gasteiger partial charge in [-0.3, -0.25) is 4.79 Å². The fourth-order valence-electron chi connectivity index (χ4n) is 2.29. The quantitative estimate of drug-likeness (QED) is 0.599. The summed E-state index contributed by atoms with van der Waals surface area (Å²) in [6, 6.07) is 5.92. The molecule has 0 bridgehead atoms. The average molecular weight is 287 g/mol. The summed E-state index contributed by atoms with van der Waals surface area (Å²) < 4.78 is 0. The van der Waals surface area contributed by atoms with Gasteiger partial charge in [0.25, 0.3) is 0 Å². The van der Waals surface area contributed by atoms with Crippen LogP contribution in [0.4, 0.5) is 5.69 Å². The van der Waals surface area contributed by atoms with Crippen LogP contribution >= 0.6 is 0 Å². The highest BCUT2D eigenvalue weighted by molar-refractivity contribution is 5.95. The third kappa shape index (κ3) is 3.81. The molecule has 4 N–H and O–H groups in total. The van der Waals surface area contributed by atoms with Crippen LogP contribution in [0.3, 0.4) is 0 Å². The zero-order valence-corrected chi connectivity index (χ0v) is 12.5. The van der Waals surface area contributed by atoms with Crippen LogP contribution in [-0.2, 0) is 4.79 Å². The van der Waals surface area contributed by atoms with Crippen molar-refractivity contribution in [3.05, 3.63) is 29.3 Å². The highest BCUT2D eigenvalue weighted by Gasteiger charge is 2.17. The molecule has 1 saturated heterocycles. The maximum absolute atomic E-state index is 11.2. The Bertz CT molecular complexity index is 576. The molecule has 112 valence electrons. The average Bonchev–Trinajstić information content (AvgIpc) is 2.43. The number of carbonyl (C=O) groups is 1. The summed E-state index contributed by atoms with van der Waals surface area (Å²) in [5.41, 5.74) is 14.7. The lowest BCUT2D eigenvalue weighted by molar-refractivity contribution is -0.120. The summed E-state index contributed by atoms with van der Waals surface area (Å²) in [6.45, 7) is 5.13. The minimum absolute atomic E-state index is 0.127. The number of para-hydroxylation sites is 1. The van der Waals surface area contributed by atoms with Crippen molar-refractivity contribution in [2.24, 2.45) is 21.5 Å². The number of rotatable bonds is 1. The number of guanidine groups is 2. The molecule has 1 fully saturated rings. The number of benzene rings is 1. The van der Waals surface area contributed by atoms with Crippen LogP contribution in [0.5, 0.6) is 0 Å². The fourth-order valence-corrected chi connectivity index (χ4v) is 2.29. The Balaban J connectivity index is 2.16. The number of carbonyl (C=O) groups excluding carboxylic acids is 1. The van der Waals surface area contributed by atoms with Gasteiger partial charge >= 0.3 is 0 Å². The molecule has 6 nitrogen and oxygen atoms in total. The second kappa shape index (κ2) is 6.39. The number of likely N-dealkylation sites (tertiary alicyclic amines) is 1. The summed E-state index contributed by atoms with van der Waals surface area (Å²) in [6.07, 6.45) is 1.01. The molecule has 1 heterocycles. The predicted molar refractivity (Wildman–Crippen MR) is 84.6 cm³/mol. The van der Waals surface area contributed by atoms with Crippen LogP contribution in [0.15, 0.2) is 28.2 Å². The van der Waals surface area contributed by atoms with Gasteiger partial charge in [0.1, 0.15) is 5.78 Å². The lowest BCUT2D eigenvalue weighted by Gasteiger charge is -2.26. The van der Waals surface area contributed by atoms with Gasteiger partial charge in [0, 0.05) is 25.9 Å². The standard InChI is InChI=1S/C15H21N5O/c1-10-4-3-5-11(2)13(10)18-14(16)19-15(17)20-8-6-12(21)7-9-20/h3-5H,6-9H2,1-2H3,(H4,16,17,18,19). The third-order valence-corrected chi connectivity index (χ3v) is 3.54. The smallest absolute Gasteiger partial charge is 0.223 e. The van der Waals surface area contributed by atoms with Crippen molar-refractivity contribution in [1.29, 1.82) is 0 Å². The van der Waals surface area contributed by atoms with Crippen LogP contribution in [-0.4, -0.2) is 35.7 Å². The molecule has 1 aromatic rings. The van der Waals surface area contributed by atoms with Gasteiger partial charge < -0.3 is 16.4 Å². The molecule has 1 aliphatic rings. The second-order valence-corrected chi connectivity index (χ2v) is 5.21. The minimum Gasteiger partial charge on any atom is -0.369 e. The van der Waals surface area contributed by atoms with Crippen molar-refractivity contribution < 1.29 is 4.79 Å². The Morgan fingerprint density at radius 3 is 2.29 bits per heavy atom. The van der Waals surface area contributed by atoms with Gasteiger partial charge in [-0.25, -0.2) is 4.99 Å². The molecule has 21 heavy (non-hydrogen) atoms. The number of hydrogen-bond donors (Lipinski definition) is 2. The summed E-state index contributed by atoms with van der Waals surface area (Å²) in [5.74, 6) is 0.702. The van der Waals surface area contributed by atoms with E-state index in [1.165, 1.54) is 0 Å². The molecule has 6 heteroatoms. The molecule has 0 radical (unpaired) electrons. The zero-order valence-electron chi connectivity index (χ0n) is 12.5. The molecule has 0 unspecified atom stereocenters. The number of nitrogens with two attached hydrogens (primary N) is 2. The fraction of sp³-hybridized carbons (Fsp3) is 0.400. The summed E-state index contributed by atoms with van der Waals surface area (Å²) in [5, 5.41) is 0. The van der Waals surface area contributed by atoms with Crippen molar-refractivity contribution in [2.45, 2.75) is 26.7 Å². The van der Waals surface area contributed by atoms with E-state index in [2.05, 4.69) is 9.98 Å². The maximum Gasteiger partial charge on any atom is 0.223 e. The van der Waals surface area contributed by atoms with E-state index in [-0.39, 0.29) is 11.7 Å². The number of nitrogens with zero attached hydrogens (tertiary/aromatic N) is 3. The lowest BCUT2D eigenvalue weighted by Crippen LogP contribution is -2.43. The first-order valence-electron chi connectivity index (χ1n) is 6.98. The molecule has 0 amide bonds. The normalized spacial score (nSPS) is 17.2. The van der Waals surface area contributed by atoms with E-state index >= 15 is 0 Å². The molecule has 1 aliphatic heterocycles. The number of Topliss-reactive ketones (excluding diaryl/α,β-unsaturated/α-hetero) is 1. The highest BCUT2D eigenvalue weighted by atomic mass is 16.1. The van der Waals surface area contributed by atoms with Crippen LogP contribution in [0.2, 0.25) is 0 Å². The van der Waals surface area contributed by atoms with Gasteiger partial charge in [-0.1, -0.05) is 18.2 Å². The summed E-state index contributed by atoms with van der Waals surface area (Å²) in [7, 11) is 0. The number of piperidine rings is 1. The number of aliphatic imine (C=N–C) groups is 2. The van der Waals surface area contributed by atoms with Gasteiger partial charge in [0.05, 0.1) is 5.69 Å². The van der Waals surface area contributed by atoms with Crippen LogP contribution < -0.4 is 11.5 Å². The van der Waals surface area contributed by atoms with Gasteiger partial charge in [-0.15, -0.1) is 0 Å². The van der Waals surface area contributed by atoms with E-state index in [0.29, 0.717) is 31.9 Å². The van der Waals surface area contributed by atoms with E-state index in [4.69, 9.17) is 11.5 Å². The van der Waals surface area contributed by atoms with Crippen LogP contribution in [0.25, 0.3) is 0 Å².